The molecule has 1 aliphatic heterocycles. The maximum Gasteiger partial charge on any atom is 0.240 e. The van der Waals surface area contributed by atoms with Gasteiger partial charge in [0.1, 0.15) is 0 Å². The largest absolute Gasteiger partial charge is 0.297 e. The van der Waals surface area contributed by atoms with E-state index < -0.39 is 10.0 Å². The topological polar surface area (TPSA) is 62.3 Å². The Bertz CT molecular complexity index is 829. The average molecular weight is 374 g/mol. The van der Waals surface area contributed by atoms with Gasteiger partial charge in [-0.1, -0.05) is 12.1 Å². The van der Waals surface area contributed by atoms with Crippen LogP contribution in [-0.4, -0.2) is 37.9 Å². The van der Waals surface area contributed by atoms with Crippen LogP contribution in [0.5, 0.6) is 0 Å². The number of nitrogens with zero attached hydrogens (tertiary/aromatic N) is 2. The number of pyridine rings is 1. The van der Waals surface area contributed by atoms with Crippen LogP contribution in [0, 0.1) is 19.8 Å². The lowest BCUT2D eigenvalue weighted by Crippen LogP contribution is -2.38. The Morgan fingerprint density at radius 3 is 2.54 bits per heavy atom. The Balaban J connectivity index is 1.49. The Hall–Kier alpha value is -1.76. The van der Waals surface area contributed by atoms with E-state index in [2.05, 4.69) is 14.6 Å². The fourth-order valence-corrected chi connectivity index (χ4v) is 4.46. The van der Waals surface area contributed by atoms with Gasteiger partial charge in [0, 0.05) is 19.3 Å². The molecule has 0 radical (unpaired) electrons. The summed E-state index contributed by atoms with van der Waals surface area (Å²) in [4.78, 5) is 7.11. The highest BCUT2D eigenvalue weighted by Crippen LogP contribution is 2.19. The third-order valence-corrected chi connectivity index (χ3v) is 6.59. The number of rotatable bonds is 6. The number of likely N-dealkylation sites (tertiary alicyclic amines) is 1. The molecule has 0 spiro atoms. The average Bonchev–Trinajstić information content (AvgIpc) is 2.64. The van der Waals surface area contributed by atoms with Gasteiger partial charge in [-0.2, -0.15) is 0 Å². The van der Waals surface area contributed by atoms with E-state index in [-0.39, 0.29) is 0 Å². The van der Waals surface area contributed by atoms with Crippen LogP contribution < -0.4 is 4.72 Å². The molecule has 140 valence electrons. The zero-order valence-electron chi connectivity index (χ0n) is 15.5. The SMILES string of the molecule is Cc1ccc(S(=O)(=O)NCC2CCN(Cc3ccccn3)CC2)cc1C. The number of hydrogen-bond acceptors (Lipinski definition) is 4. The lowest BCUT2D eigenvalue weighted by Gasteiger charge is -2.31. The van der Waals surface area contributed by atoms with Crippen LogP contribution >= 0.6 is 0 Å². The molecule has 3 rings (SSSR count). The molecule has 26 heavy (non-hydrogen) atoms. The highest BCUT2D eigenvalue weighted by molar-refractivity contribution is 7.89. The van der Waals surface area contributed by atoms with Crippen molar-refractivity contribution < 1.29 is 8.42 Å². The smallest absolute Gasteiger partial charge is 0.240 e. The monoisotopic (exact) mass is 373 g/mol. The molecule has 0 unspecified atom stereocenters. The molecular formula is C20H27N3O2S. The maximum absolute atomic E-state index is 12.5. The summed E-state index contributed by atoms with van der Waals surface area (Å²) in [7, 11) is -3.43. The van der Waals surface area contributed by atoms with Gasteiger partial charge < -0.3 is 0 Å². The lowest BCUT2D eigenvalue weighted by molar-refractivity contribution is 0.177. The van der Waals surface area contributed by atoms with Crippen molar-refractivity contribution in [2.75, 3.05) is 19.6 Å². The van der Waals surface area contributed by atoms with Gasteiger partial charge in [0.2, 0.25) is 10.0 Å². The molecule has 0 bridgehead atoms. The van der Waals surface area contributed by atoms with Crippen molar-refractivity contribution in [1.82, 2.24) is 14.6 Å². The summed E-state index contributed by atoms with van der Waals surface area (Å²) in [5.74, 6) is 0.385. The summed E-state index contributed by atoms with van der Waals surface area (Å²) in [5.41, 5.74) is 3.18. The van der Waals surface area contributed by atoms with Crippen LogP contribution in [0.3, 0.4) is 0 Å². The molecule has 6 heteroatoms. The summed E-state index contributed by atoms with van der Waals surface area (Å²) < 4.78 is 27.8. The zero-order valence-corrected chi connectivity index (χ0v) is 16.3. The van der Waals surface area contributed by atoms with Gasteiger partial charge in [-0.05, 0) is 81.1 Å². The van der Waals surface area contributed by atoms with Crippen LogP contribution in [0.4, 0.5) is 0 Å². The summed E-state index contributed by atoms with van der Waals surface area (Å²) in [6, 6.07) is 11.3. The van der Waals surface area contributed by atoms with Crippen molar-refractivity contribution >= 4 is 10.0 Å². The van der Waals surface area contributed by atoms with Crippen molar-refractivity contribution in [1.29, 1.82) is 0 Å². The minimum Gasteiger partial charge on any atom is -0.297 e. The number of piperidine rings is 1. The second-order valence-electron chi connectivity index (χ2n) is 7.14. The second-order valence-corrected chi connectivity index (χ2v) is 8.91. The summed E-state index contributed by atoms with van der Waals surface area (Å²) in [6.07, 6.45) is 3.83. The fraction of sp³-hybridized carbons (Fsp3) is 0.450. The quantitative estimate of drug-likeness (QED) is 0.846. The number of hydrogen-bond donors (Lipinski definition) is 1. The first-order valence-corrected chi connectivity index (χ1v) is 10.6. The lowest BCUT2D eigenvalue weighted by atomic mass is 9.97. The number of sulfonamides is 1. The standard InChI is InChI=1S/C20H27N3O2S/c1-16-6-7-20(13-17(16)2)26(24,25)22-14-18-8-11-23(12-9-18)15-19-5-3-4-10-21-19/h3-7,10,13,18,22H,8-9,11-12,14-15H2,1-2H3. The van der Waals surface area contributed by atoms with Gasteiger partial charge in [0.15, 0.2) is 0 Å². The van der Waals surface area contributed by atoms with E-state index in [1.807, 2.05) is 44.3 Å². The minimum atomic E-state index is -3.43. The van der Waals surface area contributed by atoms with Crippen molar-refractivity contribution in [3.05, 3.63) is 59.4 Å². The Kier molecular flexibility index (Phi) is 6.06. The van der Waals surface area contributed by atoms with Crippen molar-refractivity contribution in [3.8, 4) is 0 Å². The van der Waals surface area contributed by atoms with E-state index in [0.29, 0.717) is 17.4 Å². The van der Waals surface area contributed by atoms with Gasteiger partial charge in [-0.3, -0.25) is 9.88 Å². The Morgan fingerprint density at radius 2 is 1.88 bits per heavy atom. The van der Waals surface area contributed by atoms with E-state index in [4.69, 9.17) is 0 Å². The van der Waals surface area contributed by atoms with E-state index in [9.17, 15) is 8.42 Å². The predicted octanol–water partition coefficient (Wildman–Crippen LogP) is 2.89. The van der Waals surface area contributed by atoms with Crippen LogP contribution in [0.25, 0.3) is 0 Å². The highest BCUT2D eigenvalue weighted by atomic mass is 32.2. The van der Waals surface area contributed by atoms with Crippen LogP contribution in [0.1, 0.15) is 29.7 Å². The molecule has 2 heterocycles. The number of aryl methyl sites for hydroxylation is 2. The normalized spacial score (nSPS) is 16.7. The molecule has 1 aliphatic rings. The molecule has 2 aromatic rings. The molecule has 0 atom stereocenters. The third kappa shape index (κ3) is 4.90. The number of nitrogens with one attached hydrogen (secondary N) is 1. The van der Waals surface area contributed by atoms with Crippen LogP contribution in [0.2, 0.25) is 0 Å². The Morgan fingerprint density at radius 1 is 1.12 bits per heavy atom. The van der Waals surface area contributed by atoms with Crippen molar-refractivity contribution in [2.24, 2.45) is 5.92 Å². The molecule has 1 aromatic carbocycles. The van der Waals surface area contributed by atoms with E-state index in [1.54, 1.807) is 12.1 Å². The molecule has 1 fully saturated rings. The molecule has 1 N–H and O–H groups in total. The van der Waals surface area contributed by atoms with Crippen molar-refractivity contribution in [2.45, 2.75) is 38.1 Å². The van der Waals surface area contributed by atoms with Gasteiger partial charge in [-0.15, -0.1) is 0 Å². The molecular weight excluding hydrogens is 346 g/mol. The first-order valence-electron chi connectivity index (χ1n) is 9.13. The van der Waals surface area contributed by atoms with E-state index in [0.717, 1.165) is 49.3 Å². The zero-order chi connectivity index (χ0) is 18.6. The van der Waals surface area contributed by atoms with E-state index in [1.165, 1.54) is 0 Å². The molecule has 1 aromatic heterocycles. The summed E-state index contributed by atoms with van der Waals surface area (Å²) >= 11 is 0. The van der Waals surface area contributed by atoms with E-state index >= 15 is 0 Å². The molecule has 5 nitrogen and oxygen atoms in total. The summed E-state index contributed by atoms with van der Waals surface area (Å²) in [5, 5.41) is 0. The maximum atomic E-state index is 12.5. The predicted molar refractivity (Wildman–Crippen MR) is 103 cm³/mol. The molecule has 0 aliphatic carbocycles. The highest BCUT2D eigenvalue weighted by Gasteiger charge is 2.22. The number of benzene rings is 1. The van der Waals surface area contributed by atoms with Gasteiger partial charge in [0.25, 0.3) is 0 Å². The molecule has 0 amide bonds. The first-order chi connectivity index (χ1) is 12.4. The fourth-order valence-electron chi connectivity index (χ4n) is 3.26. The van der Waals surface area contributed by atoms with Crippen LogP contribution in [-0.2, 0) is 16.6 Å². The van der Waals surface area contributed by atoms with Gasteiger partial charge >= 0.3 is 0 Å². The van der Waals surface area contributed by atoms with Gasteiger partial charge in [-0.25, -0.2) is 13.1 Å². The van der Waals surface area contributed by atoms with Gasteiger partial charge in [0.05, 0.1) is 10.6 Å². The summed E-state index contributed by atoms with van der Waals surface area (Å²) in [6.45, 7) is 7.25. The first kappa shape index (κ1) is 19.0. The molecule has 1 saturated heterocycles. The Labute approximate surface area is 156 Å². The number of aromatic nitrogens is 1. The third-order valence-electron chi connectivity index (χ3n) is 5.17. The molecule has 0 saturated carbocycles. The van der Waals surface area contributed by atoms with Crippen molar-refractivity contribution in [3.63, 3.8) is 0 Å². The second kappa shape index (κ2) is 8.29. The van der Waals surface area contributed by atoms with Crippen LogP contribution in [0.15, 0.2) is 47.5 Å². The minimum absolute atomic E-state index is 0.355.